The smallest absolute Gasteiger partial charge is 0.336 e. The Morgan fingerprint density at radius 3 is 2.34 bits per heavy atom. The van der Waals surface area contributed by atoms with Crippen LogP contribution in [-0.4, -0.2) is 57.1 Å². The molecule has 8 nitrogen and oxygen atoms in total. The molecule has 1 aromatic heterocycles. The van der Waals surface area contributed by atoms with Gasteiger partial charge in [-0.15, -0.1) is 0 Å². The molecular weight excluding hydrogens is 396 g/mol. The summed E-state index contributed by atoms with van der Waals surface area (Å²) >= 11 is 0. The third kappa shape index (κ3) is 3.74. The summed E-state index contributed by atoms with van der Waals surface area (Å²) in [6, 6.07) is 10.7. The normalized spacial score (nSPS) is 11.6. The van der Waals surface area contributed by atoms with Crippen molar-refractivity contribution in [3.05, 3.63) is 48.0 Å². The summed E-state index contributed by atoms with van der Waals surface area (Å²) < 4.78 is 36.5. The molecule has 3 rings (SSSR count). The highest BCUT2D eigenvalue weighted by Gasteiger charge is 2.21. The van der Waals surface area contributed by atoms with E-state index in [1.54, 1.807) is 18.2 Å². The maximum atomic E-state index is 12.4. The summed E-state index contributed by atoms with van der Waals surface area (Å²) in [7, 11) is 2.13. The minimum absolute atomic E-state index is 0.00832. The lowest BCUT2D eigenvalue weighted by Crippen LogP contribution is -2.22. The van der Waals surface area contributed by atoms with Crippen molar-refractivity contribution in [1.82, 2.24) is 9.29 Å². The van der Waals surface area contributed by atoms with Gasteiger partial charge >= 0.3 is 5.97 Å². The molecule has 0 spiro atoms. The average Bonchev–Trinajstić information content (AvgIpc) is 2.71. The summed E-state index contributed by atoms with van der Waals surface area (Å²) in [5, 5.41) is 9.97. The molecule has 152 valence electrons. The Kier molecular flexibility index (Phi) is 5.45. The van der Waals surface area contributed by atoms with Crippen molar-refractivity contribution in [2.75, 3.05) is 28.3 Å². The van der Waals surface area contributed by atoms with Gasteiger partial charge in [-0.25, -0.2) is 22.5 Å². The molecule has 1 N–H and O–H groups in total. The minimum atomic E-state index is -3.72. The lowest BCUT2D eigenvalue weighted by Gasteiger charge is -2.14. The van der Waals surface area contributed by atoms with Gasteiger partial charge in [0.2, 0.25) is 10.0 Å². The fraction of sp³-hybridized carbons (Fsp3) is 0.200. The number of fused-ring (bicyclic) bond motifs is 1. The number of hydrogen-bond acceptors (Lipinski definition) is 6. The van der Waals surface area contributed by atoms with Crippen molar-refractivity contribution in [1.29, 1.82) is 0 Å². The van der Waals surface area contributed by atoms with E-state index in [1.807, 2.05) is 0 Å². The number of carboxylic acid groups (broad SMARTS) is 1. The highest BCUT2D eigenvalue weighted by Crippen LogP contribution is 2.35. The zero-order valence-corrected chi connectivity index (χ0v) is 17.1. The highest BCUT2D eigenvalue weighted by atomic mass is 32.2. The van der Waals surface area contributed by atoms with Gasteiger partial charge in [0.1, 0.15) is 11.5 Å². The van der Waals surface area contributed by atoms with Crippen molar-refractivity contribution in [2.45, 2.75) is 4.90 Å². The monoisotopic (exact) mass is 416 g/mol. The number of carbonyl (C=O) groups is 1. The van der Waals surface area contributed by atoms with Crippen molar-refractivity contribution < 1.29 is 27.8 Å². The molecule has 0 atom stereocenters. The molecule has 0 unspecified atom stereocenters. The van der Waals surface area contributed by atoms with E-state index in [2.05, 4.69) is 4.98 Å². The van der Waals surface area contributed by atoms with E-state index in [4.69, 9.17) is 9.47 Å². The molecule has 29 heavy (non-hydrogen) atoms. The SMILES string of the molecule is COc1ccc(OC)c(-c2cc(C(=O)O)c3cc(S(=O)(=O)N(C)C)ccc3n2)c1. The maximum Gasteiger partial charge on any atom is 0.336 e. The summed E-state index contributed by atoms with van der Waals surface area (Å²) in [5.41, 5.74) is 1.21. The Morgan fingerprint density at radius 1 is 1.03 bits per heavy atom. The van der Waals surface area contributed by atoms with Crippen LogP contribution < -0.4 is 9.47 Å². The second-order valence-electron chi connectivity index (χ2n) is 6.39. The Hall–Kier alpha value is -3.17. The number of hydrogen-bond donors (Lipinski definition) is 1. The van der Waals surface area contributed by atoms with Crippen molar-refractivity contribution in [3.8, 4) is 22.8 Å². The van der Waals surface area contributed by atoms with Crippen molar-refractivity contribution in [3.63, 3.8) is 0 Å². The van der Waals surface area contributed by atoms with Crippen LogP contribution in [0.4, 0.5) is 0 Å². The predicted molar refractivity (Wildman–Crippen MR) is 108 cm³/mol. The minimum Gasteiger partial charge on any atom is -0.497 e. The molecule has 0 aliphatic heterocycles. The maximum absolute atomic E-state index is 12.4. The van der Waals surface area contributed by atoms with Gasteiger partial charge in [0.15, 0.2) is 0 Å². The number of rotatable bonds is 6. The van der Waals surface area contributed by atoms with Crippen LogP contribution >= 0.6 is 0 Å². The van der Waals surface area contributed by atoms with Crippen LogP contribution in [0.3, 0.4) is 0 Å². The van der Waals surface area contributed by atoms with Gasteiger partial charge in [0, 0.05) is 25.0 Å². The first-order valence-corrected chi connectivity index (χ1v) is 9.96. The zero-order chi connectivity index (χ0) is 21.3. The molecule has 1 heterocycles. The van der Waals surface area contributed by atoms with Crippen LogP contribution in [0, 0.1) is 0 Å². The standard InChI is InChI=1S/C20H20N2O6S/c1-22(2)29(25,26)13-6-7-17-14(10-13)15(20(23)24)11-18(21-17)16-9-12(27-3)5-8-19(16)28-4/h5-11H,1-4H3,(H,23,24). The van der Waals surface area contributed by atoms with Crippen LogP contribution in [0.5, 0.6) is 11.5 Å². The van der Waals surface area contributed by atoms with Gasteiger partial charge in [0.05, 0.1) is 35.9 Å². The number of aromatic nitrogens is 1. The van der Waals surface area contributed by atoms with Crippen LogP contribution in [0.25, 0.3) is 22.2 Å². The van der Waals surface area contributed by atoms with Gasteiger partial charge in [0.25, 0.3) is 0 Å². The van der Waals surface area contributed by atoms with Crippen LogP contribution in [0.1, 0.15) is 10.4 Å². The first-order valence-electron chi connectivity index (χ1n) is 8.52. The summed E-state index contributed by atoms with van der Waals surface area (Å²) in [6.07, 6.45) is 0. The van der Waals surface area contributed by atoms with E-state index in [0.717, 1.165) is 4.31 Å². The molecular formula is C20H20N2O6S. The van der Waals surface area contributed by atoms with Gasteiger partial charge in [-0.05, 0) is 42.5 Å². The highest BCUT2D eigenvalue weighted by molar-refractivity contribution is 7.89. The predicted octanol–water partition coefficient (Wildman–Crippen LogP) is 2.87. The second kappa shape index (κ2) is 7.69. The van der Waals surface area contributed by atoms with Gasteiger partial charge < -0.3 is 14.6 Å². The third-order valence-corrected chi connectivity index (χ3v) is 6.28. The van der Waals surface area contributed by atoms with Gasteiger partial charge in [-0.3, -0.25) is 0 Å². The number of nitrogens with zero attached hydrogens (tertiary/aromatic N) is 2. The summed E-state index contributed by atoms with van der Waals surface area (Å²) in [6.45, 7) is 0. The van der Waals surface area contributed by atoms with Crippen molar-refractivity contribution in [2.24, 2.45) is 0 Å². The number of aromatic carboxylic acids is 1. The number of pyridine rings is 1. The molecule has 2 aromatic carbocycles. The molecule has 9 heteroatoms. The Morgan fingerprint density at radius 2 is 1.76 bits per heavy atom. The first kappa shape index (κ1) is 20.6. The molecule has 0 saturated heterocycles. The summed E-state index contributed by atoms with van der Waals surface area (Å²) in [4.78, 5) is 16.5. The molecule has 0 amide bonds. The second-order valence-corrected chi connectivity index (χ2v) is 8.54. The number of benzene rings is 2. The Labute approximate surface area is 168 Å². The van der Waals surface area contributed by atoms with E-state index >= 15 is 0 Å². The largest absolute Gasteiger partial charge is 0.497 e. The number of sulfonamides is 1. The van der Waals surface area contributed by atoms with E-state index < -0.39 is 16.0 Å². The molecule has 3 aromatic rings. The molecule has 0 saturated carbocycles. The third-order valence-electron chi connectivity index (χ3n) is 4.47. The topological polar surface area (TPSA) is 106 Å². The van der Waals surface area contributed by atoms with E-state index in [-0.39, 0.29) is 15.8 Å². The molecule has 0 aliphatic carbocycles. The first-order chi connectivity index (χ1) is 13.7. The number of methoxy groups -OCH3 is 2. The number of carboxylic acids is 1. The lowest BCUT2D eigenvalue weighted by atomic mass is 10.0. The zero-order valence-electron chi connectivity index (χ0n) is 16.3. The van der Waals surface area contributed by atoms with Gasteiger partial charge in [-0.2, -0.15) is 0 Å². The lowest BCUT2D eigenvalue weighted by molar-refractivity contribution is 0.0699. The fourth-order valence-corrected chi connectivity index (χ4v) is 3.83. The molecule has 0 aliphatic rings. The van der Waals surface area contributed by atoms with E-state index in [9.17, 15) is 18.3 Å². The Bertz CT molecular complexity index is 1210. The average molecular weight is 416 g/mol. The van der Waals surface area contributed by atoms with Crippen LogP contribution in [0.2, 0.25) is 0 Å². The number of ether oxygens (including phenoxy) is 2. The van der Waals surface area contributed by atoms with Crippen LogP contribution in [0.15, 0.2) is 47.4 Å². The van der Waals surface area contributed by atoms with Crippen molar-refractivity contribution >= 4 is 26.9 Å². The quantitative estimate of drug-likeness (QED) is 0.658. The van der Waals surface area contributed by atoms with E-state index in [0.29, 0.717) is 28.3 Å². The fourth-order valence-electron chi connectivity index (χ4n) is 2.91. The molecule has 0 fully saturated rings. The molecule has 0 radical (unpaired) electrons. The molecule has 0 bridgehead atoms. The van der Waals surface area contributed by atoms with Gasteiger partial charge in [-0.1, -0.05) is 0 Å². The Balaban J connectivity index is 2.30. The summed E-state index contributed by atoms with van der Waals surface area (Å²) in [5.74, 6) is -0.132. The van der Waals surface area contributed by atoms with E-state index in [1.165, 1.54) is 52.6 Å². The van der Waals surface area contributed by atoms with Crippen LogP contribution in [-0.2, 0) is 10.0 Å².